The van der Waals surface area contributed by atoms with Crippen molar-refractivity contribution in [3.63, 3.8) is 0 Å². The molecular formula is C30H46O7. The van der Waals surface area contributed by atoms with Crippen molar-refractivity contribution in [3.8, 4) is 0 Å². The number of carbonyl (C=O) groups excluding carboxylic acids is 4. The standard InChI is InChI=1S/C30H46O7/c1-7-35-27(34)11-8-17(2)22-9-10-23-28-24(16-26(33)30(22,23)6)29(5)13-12-21(36-18(3)31)14-20(29)15-25(28)37-19(4)32/h17,20-25,28H,7-16H2,1-6H3/t17-,20+,21-,22?,23+,24?,25+,28?,29+,30-/m1/s1. The van der Waals surface area contributed by atoms with E-state index in [9.17, 15) is 19.2 Å². The molecule has 7 nitrogen and oxygen atoms in total. The molecule has 10 atom stereocenters. The fourth-order valence-corrected chi connectivity index (χ4v) is 9.28. The Hall–Kier alpha value is -1.92. The van der Waals surface area contributed by atoms with Gasteiger partial charge in [-0.05, 0) is 86.9 Å². The minimum absolute atomic E-state index is 0.0391. The van der Waals surface area contributed by atoms with E-state index in [-0.39, 0.29) is 71.0 Å². The van der Waals surface area contributed by atoms with E-state index in [0.717, 1.165) is 44.9 Å². The smallest absolute Gasteiger partial charge is 0.305 e. The van der Waals surface area contributed by atoms with Crippen LogP contribution in [-0.4, -0.2) is 42.5 Å². The minimum Gasteiger partial charge on any atom is -0.466 e. The second kappa shape index (κ2) is 10.7. The van der Waals surface area contributed by atoms with Gasteiger partial charge in [-0.15, -0.1) is 0 Å². The van der Waals surface area contributed by atoms with E-state index in [1.807, 2.05) is 6.92 Å². The molecular weight excluding hydrogens is 472 g/mol. The van der Waals surface area contributed by atoms with Gasteiger partial charge in [-0.1, -0.05) is 20.8 Å². The molecule has 4 saturated carbocycles. The summed E-state index contributed by atoms with van der Waals surface area (Å²) in [4.78, 5) is 50.0. The lowest BCUT2D eigenvalue weighted by atomic mass is 9.43. The molecule has 7 heteroatoms. The van der Waals surface area contributed by atoms with Gasteiger partial charge in [0.15, 0.2) is 0 Å². The van der Waals surface area contributed by atoms with Crippen LogP contribution < -0.4 is 0 Å². The summed E-state index contributed by atoms with van der Waals surface area (Å²) in [6.45, 7) is 11.8. The summed E-state index contributed by atoms with van der Waals surface area (Å²) in [7, 11) is 0. The van der Waals surface area contributed by atoms with Crippen molar-refractivity contribution in [3.05, 3.63) is 0 Å². The number of carbonyl (C=O) groups is 4. The van der Waals surface area contributed by atoms with Crippen LogP contribution in [-0.2, 0) is 33.4 Å². The molecule has 0 amide bonds. The SMILES string of the molecule is CCOC(=O)CC[C@@H](C)C1CC[C@H]2C3C(CC(=O)[C@]12C)[C@@]1(C)CC[C@@H](OC(C)=O)C[C@H]1C[C@@H]3OC(C)=O. The van der Waals surface area contributed by atoms with Crippen molar-refractivity contribution in [2.24, 2.45) is 46.3 Å². The van der Waals surface area contributed by atoms with Gasteiger partial charge in [0, 0.05) is 38.0 Å². The average molecular weight is 519 g/mol. The van der Waals surface area contributed by atoms with E-state index in [4.69, 9.17) is 14.2 Å². The highest BCUT2D eigenvalue weighted by atomic mass is 16.5. The van der Waals surface area contributed by atoms with Crippen LogP contribution in [0.3, 0.4) is 0 Å². The lowest BCUT2D eigenvalue weighted by Gasteiger charge is -2.62. The Morgan fingerprint density at radius 3 is 2.35 bits per heavy atom. The normalized spacial score (nSPS) is 41.6. The maximum absolute atomic E-state index is 14.1. The first kappa shape index (κ1) is 28.1. The predicted octanol–water partition coefficient (Wildman–Crippen LogP) is 5.28. The van der Waals surface area contributed by atoms with E-state index in [1.165, 1.54) is 13.8 Å². The number of ether oxygens (including phenoxy) is 3. The van der Waals surface area contributed by atoms with Gasteiger partial charge in [0.2, 0.25) is 0 Å². The first-order chi connectivity index (χ1) is 17.4. The molecule has 0 radical (unpaired) electrons. The Bertz CT molecular complexity index is 914. The molecule has 4 aliphatic carbocycles. The lowest BCUT2D eigenvalue weighted by Crippen LogP contribution is -2.62. The van der Waals surface area contributed by atoms with E-state index in [2.05, 4.69) is 20.8 Å². The third kappa shape index (κ3) is 5.08. The van der Waals surface area contributed by atoms with Crippen molar-refractivity contribution in [1.29, 1.82) is 0 Å². The quantitative estimate of drug-likeness (QED) is 0.334. The molecule has 0 spiro atoms. The van der Waals surface area contributed by atoms with Crippen molar-refractivity contribution in [2.45, 2.75) is 112 Å². The Morgan fingerprint density at radius 1 is 1.00 bits per heavy atom. The highest BCUT2D eigenvalue weighted by molar-refractivity contribution is 5.87. The van der Waals surface area contributed by atoms with Crippen LogP contribution in [0.25, 0.3) is 0 Å². The molecule has 4 fully saturated rings. The maximum atomic E-state index is 14.1. The van der Waals surface area contributed by atoms with E-state index < -0.39 is 5.41 Å². The van der Waals surface area contributed by atoms with E-state index in [0.29, 0.717) is 25.2 Å². The Morgan fingerprint density at radius 2 is 1.70 bits per heavy atom. The summed E-state index contributed by atoms with van der Waals surface area (Å²) in [5, 5.41) is 0. The number of hydrogen-bond donors (Lipinski definition) is 0. The Balaban J connectivity index is 1.60. The molecule has 0 heterocycles. The Kier molecular flexibility index (Phi) is 8.11. The maximum Gasteiger partial charge on any atom is 0.305 e. The van der Waals surface area contributed by atoms with Crippen molar-refractivity contribution in [1.82, 2.24) is 0 Å². The monoisotopic (exact) mass is 518 g/mol. The third-order valence-electron chi connectivity index (χ3n) is 11.0. The van der Waals surface area contributed by atoms with Gasteiger partial charge in [0.25, 0.3) is 0 Å². The van der Waals surface area contributed by atoms with Crippen molar-refractivity contribution >= 4 is 23.7 Å². The number of Topliss-reactive ketones (excluding diaryl/α,β-unsaturated/α-hetero) is 1. The molecule has 4 aliphatic rings. The summed E-state index contributed by atoms with van der Waals surface area (Å²) < 4.78 is 16.8. The number of esters is 3. The van der Waals surface area contributed by atoms with Crippen molar-refractivity contribution in [2.75, 3.05) is 6.61 Å². The van der Waals surface area contributed by atoms with Crippen LogP contribution in [0.5, 0.6) is 0 Å². The lowest BCUT2D eigenvalue weighted by molar-refractivity contribution is -0.196. The zero-order chi connectivity index (χ0) is 27.1. The molecule has 208 valence electrons. The second-order valence-corrected chi connectivity index (χ2v) is 12.8. The van der Waals surface area contributed by atoms with E-state index >= 15 is 0 Å². The summed E-state index contributed by atoms with van der Waals surface area (Å²) in [5.41, 5.74) is -0.506. The highest BCUT2D eigenvalue weighted by Gasteiger charge is 2.66. The summed E-state index contributed by atoms with van der Waals surface area (Å²) in [6, 6.07) is 0. The van der Waals surface area contributed by atoms with Crippen LogP contribution in [0.1, 0.15) is 99.3 Å². The third-order valence-corrected chi connectivity index (χ3v) is 11.0. The predicted molar refractivity (Wildman–Crippen MR) is 137 cm³/mol. The topological polar surface area (TPSA) is 96.0 Å². The molecule has 0 aromatic rings. The first-order valence-electron chi connectivity index (χ1n) is 14.4. The fraction of sp³-hybridized carbons (Fsp3) is 0.867. The molecule has 0 N–H and O–H groups in total. The first-order valence-corrected chi connectivity index (χ1v) is 14.4. The van der Waals surface area contributed by atoms with E-state index in [1.54, 1.807) is 0 Å². The van der Waals surface area contributed by atoms with Crippen LogP contribution in [0.2, 0.25) is 0 Å². The average Bonchev–Trinajstić information content (AvgIpc) is 3.17. The fourth-order valence-electron chi connectivity index (χ4n) is 9.28. The summed E-state index contributed by atoms with van der Waals surface area (Å²) >= 11 is 0. The van der Waals surface area contributed by atoms with Gasteiger partial charge < -0.3 is 14.2 Å². The molecule has 0 saturated heterocycles. The summed E-state index contributed by atoms with van der Waals surface area (Å²) in [6.07, 6.45) is 6.46. The highest BCUT2D eigenvalue weighted by Crippen LogP contribution is 2.67. The largest absolute Gasteiger partial charge is 0.466 e. The summed E-state index contributed by atoms with van der Waals surface area (Å²) in [5.74, 6) is 0.822. The van der Waals surface area contributed by atoms with Crippen LogP contribution in [0, 0.1) is 46.3 Å². The van der Waals surface area contributed by atoms with Gasteiger partial charge in [-0.3, -0.25) is 19.2 Å². The zero-order valence-corrected chi connectivity index (χ0v) is 23.5. The second-order valence-electron chi connectivity index (χ2n) is 12.8. The molecule has 0 aromatic heterocycles. The molecule has 0 aliphatic heterocycles. The van der Waals surface area contributed by atoms with Gasteiger partial charge >= 0.3 is 17.9 Å². The zero-order valence-electron chi connectivity index (χ0n) is 23.5. The molecule has 0 aromatic carbocycles. The van der Waals surface area contributed by atoms with Crippen molar-refractivity contribution < 1.29 is 33.4 Å². The number of rotatable bonds is 7. The minimum atomic E-state index is -0.466. The van der Waals surface area contributed by atoms with Gasteiger partial charge in [-0.25, -0.2) is 0 Å². The number of ketones is 1. The molecule has 3 unspecified atom stereocenters. The van der Waals surface area contributed by atoms with Gasteiger partial charge in [0.1, 0.15) is 18.0 Å². The van der Waals surface area contributed by atoms with Crippen LogP contribution in [0.4, 0.5) is 0 Å². The number of hydrogen-bond acceptors (Lipinski definition) is 7. The van der Waals surface area contributed by atoms with Crippen LogP contribution >= 0.6 is 0 Å². The molecule has 4 rings (SSSR count). The molecule has 0 bridgehead atoms. The number of fused-ring (bicyclic) bond motifs is 5. The van der Waals surface area contributed by atoms with Gasteiger partial charge in [-0.2, -0.15) is 0 Å². The molecule has 37 heavy (non-hydrogen) atoms. The van der Waals surface area contributed by atoms with Crippen LogP contribution in [0.15, 0.2) is 0 Å². The van der Waals surface area contributed by atoms with Gasteiger partial charge in [0.05, 0.1) is 6.61 Å². The Labute approximate surface area is 221 Å².